The standard InChI is InChI=1S/C11H17NO4/c1-3-10(13)16-9-5-7-12(8-6-9)11(14)15-4-2/h3,9H,1,4-8H2,2H3. The van der Waals surface area contributed by atoms with Crippen molar-refractivity contribution in [1.29, 1.82) is 0 Å². The van der Waals surface area contributed by atoms with E-state index >= 15 is 0 Å². The molecule has 1 rings (SSSR count). The zero-order chi connectivity index (χ0) is 12.0. The lowest BCUT2D eigenvalue weighted by molar-refractivity contribution is -0.144. The van der Waals surface area contributed by atoms with Crippen molar-refractivity contribution in [3.63, 3.8) is 0 Å². The zero-order valence-corrected chi connectivity index (χ0v) is 9.48. The van der Waals surface area contributed by atoms with Crippen LogP contribution < -0.4 is 0 Å². The Morgan fingerprint density at radius 1 is 1.44 bits per heavy atom. The van der Waals surface area contributed by atoms with Gasteiger partial charge in [-0.05, 0) is 6.92 Å². The maximum atomic E-state index is 11.4. The molecule has 0 aromatic rings. The number of amides is 1. The highest BCUT2D eigenvalue weighted by Crippen LogP contribution is 2.14. The fourth-order valence-electron chi connectivity index (χ4n) is 1.58. The Morgan fingerprint density at radius 2 is 2.06 bits per heavy atom. The van der Waals surface area contributed by atoms with E-state index in [9.17, 15) is 9.59 Å². The molecule has 1 fully saturated rings. The third kappa shape index (κ3) is 3.56. The number of hydrogen-bond acceptors (Lipinski definition) is 4. The fourth-order valence-corrected chi connectivity index (χ4v) is 1.58. The Morgan fingerprint density at radius 3 is 2.56 bits per heavy atom. The molecule has 0 N–H and O–H groups in total. The van der Waals surface area contributed by atoms with Gasteiger partial charge in [-0.1, -0.05) is 6.58 Å². The Labute approximate surface area is 95.0 Å². The second-order valence-electron chi connectivity index (χ2n) is 3.53. The Balaban J connectivity index is 2.30. The van der Waals surface area contributed by atoms with Gasteiger partial charge in [0.05, 0.1) is 6.61 Å². The predicted octanol–water partition coefficient (Wildman–Crippen LogP) is 1.34. The highest BCUT2D eigenvalue weighted by Gasteiger charge is 2.25. The first kappa shape index (κ1) is 12.5. The average Bonchev–Trinajstić information content (AvgIpc) is 2.30. The van der Waals surface area contributed by atoms with Crippen molar-refractivity contribution in [2.45, 2.75) is 25.9 Å². The van der Waals surface area contributed by atoms with Gasteiger partial charge in [0.25, 0.3) is 0 Å². The molecule has 1 heterocycles. The van der Waals surface area contributed by atoms with Crippen LogP contribution in [0.25, 0.3) is 0 Å². The molecular weight excluding hydrogens is 210 g/mol. The van der Waals surface area contributed by atoms with E-state index in [1.54, 1.807) is 11.8 Å². The van der Waals surface area contributed by atoms with Crippen LogP contribution in [0.15, 0.2) is 12.7 Å². The molecule has 1 saturated heterocycles. The van der Waals surface area contributed by atoms with E-state index in [2.05, 4.69) is 6.58 Å². The number of ether oxygens (including phenoxy) is 2. The summed E-state index contributed by atoms with van der Waals surface area (Å²) < 4.78 is 9.97. The van der Waals surface area contributed by atoms with Crippen LogP contribution in [0.1, 0.15) is 19.8 Å². The molecule has 1 aliphatic heterocycles. The molecule has 1 amide bonds. The van der Waals surface area contributed by atoms with E-state index in [1.165, 1.54) is 0 Å². The van der Waals surface area contributed by atoms with Crippen LogP contribution in [0, 0.1) is 0 Å². The number of esters is 1. The van der Waals surface area contributed by atoms with Crippen LogP contribution in [0.4, 0.5) is 4.79 Å². The third-order valence-corrected chi connectivity index (χ3v) is 2.42. The summed E-state index contributed by atoms with van der Waals surface area (Å²) in [5.74, 6) is -0.408. The van der Waals surface area contributed by atoms with E-state index in [4.69, 9.17) is 9.47 Å². The highest BCUT2D eigenvalue weighted by atomic mass is 16.6. The van der Waals surface area contributed by atoms with E-state index in [0.717, 1.165) is 6.08 Å². The third-order valence-electron chi connectivity index (χ3n) is 2.42. The van der Waals surface area contributed by atoms with E-state index in [1.807, 2.05) is 0 Å². The molecule has 0 spiro atoms. The molecule has 5 nitrogen and oxygen atoms in total. The topological polar surface area (TPSA) is 55.8 Å². The van der Waals surface area contributed by atoms with Gasteiger partial charge in [-0.25, -0.2) is 9.59 Å². The molecule has 0 aliphatic carbocycles. The molecule has 90 valence electrons. The largest absolute Gasteiger partial charge is 0.459 e. The van der Waals surface area contributed by atoms with Gasteiger partial charge in [-0.3, -0.25) is 0 Å². The van der Waals surface area contributed by atoms with E-state index in [0.29, 0.717) is 32.5 Å². The number of hydrogen-bond donors (Lipinski definition) is 0. The van der Waals surface area contributed by atoms with Crippen molar-refractivity contribution in [3.05, 3.63) is 12.7 Å². The molecule has 0 radical (unpaired) electrons. The number of likely N-dealkylation sites (tertiary alicyclic amines) is 1. The van der Waals surface area contributed by atoms with Crippen molar-refractivity contribution >= 4 is 12.1 Å². The maximum absolute atomic E-state index is 11.4. The van der Waals surface area contributed by atoms with Gasteiger partial charge >= 0.3 is 12.1 Å². The first-order chi connectivity index (χ1) is 7.67. The molecule has 0 unspecified atom stereocenters. The summed E-state index contributed by atoms with van der Waals surface area (Å²) in [6.07, 6.45) is 2.04. The van der Waals surface area contributed by atoms with E-state index in [-0.39, 0.29) is 12.2 Å². The van der Waals surface area contributed by atoms with Crippen molar-refractivity contribution in [2.75, 3.05) is 19.7 Å². The second kappa shape index (κ2) is 6.15. The lowest BCUT2D eigenvalue weighted by Crippen LogP contribution is -2.41. The summed E-state index contributed by atoms with van der Waals surface area (Å²) in [5, 5.41) is 0. The lowest BCUT2D eigenvalue weighted by atomic mass is 10.1. The molecule has 0 bridgehead atoms. The van der Waals surface area contributed by atoms with Crippen molar-refractivity contribution in [1.82, 2.24) is 4.90 Å². The SMILES string of the molecule is C=CC(=O)OC1CCN(C(=O)OCC)CC1. The Bertz CT molecular complexity index is 269. The Kier molecular flexibility index (Phi) is 4.82. The molecule has 1 aliphatic rings. The minimum absolute atomic E-state index is 0.115. The van der Waals surface area contributed by atoms with Gasteiger partial charge < -0.3 is 14.4 Å². The van der Waals surface area contributed by atoms with Gasteiger partial charge in [0.2, 0.25) is 0 Å². The molecule has 0 aromatic heterocycles. The van der Waals surface area contributed by atoms with Gasteiger partial charge in [0.1, 0.15) is 6.10 Å². The van der Waals surface area contributed by atoms with Crippen molar-refractivity contribution in [2.24, 2.45) is 0 Å². The number of carbonyl (C=O) groups is 2. The number of nitrogens with zero attached hydrogens (tertiary/aromatic N) is 1. The fraction of sp³-hybridized carbons (Fsp3) is 0.636. The van der Waals surface area contributed by atoms with Crippen LogP contribution in [-0.4, -0.2) is 42.8 Å². The van der Waals surface area contributed by atoms with Crippen LogP contribution in [0.3, 0.4) is 0 Å². The molecule has 5 heteroatoms. The molecule has 0 saturated carbocycles. The smallest absolute Gasteiger partial charge is 0.409 e. The van der Waals surface area contributed by atoms with Crippen LogP contribution >= 0.6 is 0 Å². The lowest BCUT2D eigenvalue weighted by Gasteiger charge is -2.30. The quantitative estimate of drug-likeness (QED) is 0.539. The number of piperidine rings is 1. The normalized spacial score (nSPS) is 16.7. The number of carbonyl (C=O) groups excluding carboxylic acids is 2. The summed E-state index contributed by atoms with van der Waals surface area (Å²) in [5.41, 5.74) is 0. The molecule has 0 atom stereocenters. The van der Waals surface area contributed by atoms with Crippen molar-refractivity contribution in [3.8, 4) is 0 Å². The molecular formula is C11H17NO4. The summed E-state index contributed by atoms with van der Waals surface area (Å²) in [4.78, 5) is 23.9. The zero-order valence-electron chi connectivity index (χ0n) is 9.48. The maximum Gasteiger partial charge on any atom is 0.409 e. The first-order valence-electron chi connectivity index (χ1n) is 5.42. The van der Waals surface area contributed by atoms with Gasteiger partial charge in [0.15, 0.2) is 0 Å². The average molecular weight is 227 g/mol. The second-order valence-corrected chi connectivity index (χ2v) is 3.53. The van der Waals surface area contributed by atoms with Gasteiger partial charge in [-0.15, -0.1) is 0 Å². The van der Waals surface area contributed by atoms with E-state index < -0.39 is 5.97 Å². The predicted molar refractivity (Wildman–Crippen MR) is 57.9 cm³/mol. The summed E-state index contributed by atoms with van der Waals surface area (Å²) in [6.45, 7) is 6.61. The van der Waals surface area contributed by atoms with Gasteiger partial charge in [0, 0.05) is 32.0 Å². The highest BCUT2D eigenvalue weighted by molar-refractivity contribution is 5.81. The molecule has 0 aromatic carbocycles. The summed E-state index contributed by atoms with van der Waals surface area (Å²) >= 11 is 0. The first-order valence-corrected chi connectivity index (χ1v) is 5.42. The van der Waals surface area contributed by atoms with Gasteiger partial charge in [-0.2, -0.15) is 0 Å². The Hall–Kier alpha value is -1.52. The molecule has 16 heavy (non-hydrogen) atoms. The van der Waals surface area contributed by atoms with Crippen LogP contribution in [-0.2, 0) is 14.3 Å². The van der Waals surface area contributed by atoms with Crippen LogP contribution in [0.5, 0.6) is 0 Å². The minimum Gasteiger partial charge on any atom is -0.459 e. The summed E-state index contributed by atoms with van der Waals surface area (Å²) in [7, 11) is 0. The van der Waals surface area contributed by atoms with Crippen LogP contribution in [0.2, 0.25) is 0 Å². The minimum atomic E-state index is -0.408. The summed E-state index contributed by atoms with van der Waals surface area (Å²) in [6, 6.07) is 0. The van der Waals surface area contributed by atoms with Crippen molar-refractivity contribution < 1.29 is 19.1 Å². The monoisotopic (exact) mass is 227 g/mol. The number of rotatable bonds is 3.